The van der Waals surface area contributed by atoms with Gasteiger partial charge < -0.3 is 43.1 Å². The molecule has 0 heterocycles. The van der Waals surface area contributed by atoms with Crippen molar-refractivity contribution in [2.75, 3.05) is 57.4 Å². The van der Waals surface area contributed by atoms with E-state index in [1.54, 1.807) is 42.7 Å². The fourth-order valence-corrected chi connectivity index (χ4v) is 9.60. The minimum Gasteiger partial charge on any atom is -0.497 e. The quantitative estimate of drug-likeness (QED) is 0.0836. The number of nitrogens with zero attached hydrogens (tertiary/aromatic N) is 3. The predicted octanol–water partition coefficient (Wildman–Crippen LogP) is 17.1. The van der Waals surface area contributed by atoms with Crippen LogP contribution in [0.2, 0.25) is 0 Å². The van der Waals surface area contributed by atoms with Gasteiger partial charge in [-0.3, -0.25) is 0 Å². The molecule has 0 aromatic heterocycles. The van der Waals surface area contributed by atoms with Crippen LogP contribution in [0.3, 0.4) is 0 Å². The van der Waals surface area contributed by atoms with Gasteiger partial charge in [-0.2, -0.15) is 0 Å². The van der Waals surface area contributed by atoms with Crippen LogP contribution < -0.4 is 43.1 Å². The SMILES string of the molecule is COc1cccc(N(c2ccc(-c3cc(-c4ccc(N(c5ccccc5OC)c5ccccc5OC)cc4)cc(-c4ccc(N(c5ccccc5OC)c5ccccc5OC)cc4)c3)cc2)c2ccccc2OC)c1. The zero-order valence-electron chi connectivity index (χ0n) is 42.8. The van der Waals surface area contributed by atoms with Gasteiger partial charge in [0.05, 0.1) is 71.1 Å². The topological polar surface area (TPSA) is 65.1 Å². The first kappa shape index (κ1) is 49.0. The van der Waals surface area contributed by atoms with Crippen molar-refractivity contribution in [1.29, 1.82) is 0 Å². The van der Waals surface area contributed by atoms with E-state index in [1.807, 2.05) is 109 Å². The van der Waals surface area contributed by atoms with Crippen molar-refractivity contribution in [3.63, 3.8) is 0 Å². The van der Waals surface area contributed by atoms with Gasteiger partial charge in [-0.25, -0.2) is 0 Å². The standard InChI is InChI=1S/C66H57N3O6/c1-70-56-19-17-18-55(45-56)67(57-20-7-12-25-62(57)71-2)52-36-30-46(31-37-52)49-42-50(47-32-38-53(39-33-47)68(58-21-8-13-26-63(58)72-3)59-22-9-14-27-64(59)73-4)44-51(43-49)48-34-40-54(41-35-48)69(60-23-10-15-28-65(60)74-5)61-24-11-16-29-66(61)75-6/h7-45H,1-6H3. The first-order valence-corrected chi connectivity index (χ1v) is 24.6. The Morgan fingerprint density at radius 2 is 0.493 bits per heavy atom. The monoisotopic (exact) mass is 987 g/mol. The summed E-state index contributed by atoms with van der Waals surface area (Å²) in [7, 11) is 10.2. The molecule has 0 atom stereocenters. The fraction of sp³-hybridized carbons (Fsp3) is 0.0909. The van der Waals surface area contributed by atoms with E-state index < -0.39 is 0 Å². The molecule has 0 aliphatic heterocycles. The van der Waals surface area contributed by atoms with Gasteiger partial charge in [0.25, 0.3) is 0 Å². The maximum Gasteiger partial charge on any atom is 0.142 e. The molecule has 0 radical (unpaired) electrons. The average Bonchev–Trinajstić information content (AvgIpc) is 3.48. The number of anilines is 9. The van der Waals surface area contributed by atoms with Gasteiger partial charge in [0, 0.05) is 28.8 Å². The lowest BCUT2D eigenvalue weighted by Crippen LogP contribution is -2.12. The van der Waals surface area contributed by atoms with E-state index in [9.17, 15) is 0 Å². The summed E-state index contributed by atoms with van der Waals surface area (Å²) >= 11 is 0. The van der Waals surface area contributed by atoms with Crippen molar-refractivity contribution >= 4 is 51.2 Å². The highest BCUT2D eigenvalue weighted by atomic mass is 16.5. The van der Waals surface area contributed by atoms with Crippen molar-refractivity contribution < 1.29 is 28.4 Å². The Morgan fingerprint density at radius 3 is 0.787 bits per heavy atom. The molecule has 9 heteroatoms. The van der Waals surface area contributed by atoms with Crippen LogP contribution in [0.25, 0.3) is 33.4 Å². The number of benzene rings is 10. The van der Waals surface area contributed by atoms with Crippen LogP contribution in [0.15, 0.2) is 237 Å². The normalized spacial score (nSPS) is 10.8. The smallest absolute Gasteiger partial charge is 0.142 e. The Kier molecular flexibility index (Phi) is 14.7. The summed E-state index contributed by atoms with van der Waals surface area (Å²) in [5, 5.41) is 0. The molecule has 372 valence electrons. The van der Waals surface area contributed by atoms with Crippen molar-refractivity contribution in [2.24, 2.45) is 0 Å². The maximum absolute atomic E-state index is 5.91. The van der Waals surface area contributed by atoms with Gasteiger partial charge in [0.1, 0.15) is 34.5 Å². The summed E-state index contributed by atoms with van der Waals surface area (Å²) in [6.07, 6.45) is 0. The molecule has 0 unspecified atom stereocenters. The number of hydrogen-bond acceptors (Lipinski definition) is 9. The summed E-state index contributed by atoms with van der Waals surface area (Å²) < 4.78 is 35.2. The molecule has 10 aromatic rings. The highest BCUT2D eigenvalue weighted by Gasteiger charge is 2.23. The second kappa shape index (κ2) is 22.4. The third-order valence-corrected chi connectivity index (χ3v) is 13.3. The number of hydrogen-bond donors (Lipinski definition) is 0. The number of para-hydroxylation sites is 10. The molecule has 0 fully saturated rings. The number of rotatable bonds is 18. The molecule has 0 saturated heterocycles. The van der Waals surface area contributed by atoms with Crippen LogP contribution in [0.1, 0.15) is 0 Å². The zero-order chi connectivity index (χ0) is 51.7. The van der Waals surface area contributed by atoms with Gasteiger partial charge in [-0.1, -0.05) is 103 Å². The Morgan fingerprint density at radius 1 is 0.213 bits per heavy atom. The summed E-state index contributed by atoms with van der Waals surface area (Å²) in [5.41, 5.74) is 14.6. The summed E-state index contributed by atoms with van der Waals surface area (Å²) in [6.45, 7) is 0. The first-order valence-electron chi connectivity index (χ1n) is 24.6. The predicted molar refractivity (Wildman–Crippen MR) is 306 cm³/mol. The minimum atomic E-state index is 0.741. The molecular weight excluding hydrogens is 931 g/mol. The van der Waals surface area contributed by atoms with Crippen molar-refractivity contribution in [3.8, 4) is 67.9 Å². The van der Waals surface area contributed by atoms with Gasteiger partial charge in [-0.05, 0) is 161 Å². The third kappa shape index (κ3) is 10.1. The van der Waals surface area contributed by atoms with E-state index in [0.717, 1.165) is 119 Å². The van der Waals surface area contributed by atoms with Crippen LogP contribution in [-0.4, -0.2) is 42.7 Å². The second-order valence-corrected chi connectivity index (χ2v) is 17.5. The Balaban J connectivity index is 1.09. The third-order valence-electron chi connectivity index (χ3n) is 13.3. The van der Waals surface area contributed by atoms with Gasteiger partial charge in [0.2, 0.25) is 0 Å². The molecule has 0 aliphatic carbocycles. The highest BCUT2D eigenvalue weighted by Crippen LogP contribution is 2.47. The van der Waals surface area contributed by atoms with Crippen LogP contribution >= 0.6 is 0 Å². The fourth-order valence-electron chi connectivity index (χ4n) is 9.60. The molecule has 0 aliphatic rings. The van der Waals surface area contributed by atoms with Crippen LogP contribution in [0.4, 0.5) is 51.2 Å². The Hall–Kier alpha value is -9.60. The van der Waals surface area contributed by atoms with Crippen LogP contribution in [0.5, 0.6) is 34.5 Å². The van der Waals surface area contributed by atoms with E-state index >= 15 is 0 Å². The Labute approximate surface area is 439 Å². The summed E-state index contributed by atoms with van der Waals surface area (Å²) in [6, 6.07) is 81.0. The van der Waals surface area contributed by atoms with E-state index in [2.05, 4.69) is 142 Å². The van der Waals surface area contributed by atoms with E-state index in [-0.39, 0.29) is 0 Å². The molecular formula is C66H57N3O6. The highest BCUT2D eigenvalue weighted by molar-refractivity contribution is 5.89. The molecule has 10 aromatic carbocycles. The summed E-state index contributed by atoms with van der Waals surface area (Å²) in [4.78, 5) is 6.53. The number of methoxy groups -OCH3 is 6. The van der Waals surface area contributed by atoms with Crippen LogP contribution in [-0.2, 0) is 0 Å². The molecule has 0 bridgehead atoms. The zero-order valence-corrected chi connectivity index (χ0v) is 42.8. The molecule has 10 rings (SSSR count). The van der Waals surface area contributed by atoms with E-state index in [0.29, 0.717) is 0 Å². The van der Waals surface area contributed by atoms with E-state index in [1.165, 1.54) is 0 Å². The van der Waals surface area contributed by atoms with Crippen molar-refractivity contribution in [3.05, 3.63) is 237 Å². The molecule has 0 spiro atoms. The van der Waals surface area contributed by atoms with Crippen molar-refractivity contribution in [1.82, 2.24) is 0 Å². The molecule has 0 amide bonds. The average molecular weight is 988 g/mol. The first-order chi connectivity index (χ1) is 36.9. The Bertz CT molecular complexity index is 3290. The lowest BCUT2D eigenvalue weighted by atomic mass is 9.93. The van der Waals surface area contributed by atoms with Gasteiger partial charge >= 0.3 is 0 Å². The minimum absolute atomic E-state index is 0.741. The number of ether oxygens (including phenoxy) is 6. The second-order valence-electron chi connectivity index (χ2n) is 17.5. The lowest BCUT2D eigenvalue weighted by molar-refractivity contribution is 0.412. The molecule has 0 saturated carbocycles. The van der Waals surface area contributed by atoms with Gasteiger partial charge in [-0.15, -0.1) is 0 Å². The molecule has 9 nitrogen and oxygen atoms in total. The maximum atomic E-state index is 5.91. The van der Waals surface area contributed by atoms with E-state index in [4.69, 9.17) is 28.4 Å². The largest absolute Gasteiger partial charge is 0.497 e. The lowest BCUT2D eigenvalue weighted by Gasteiger charge is -2.28. The van der Waals surface area contributed by atoms with Crippen LogP contribution in [0, 0.1) is 0 Å². The van der Waals surface area contributed by atoms with Crippen molar-refractivity contribution in [2.45, 2.75) is 0 Å². The summed E-state index contributed by atoms with van der Waals surface area (Å²) in [5.74, 6) is 4.47. The van der Waals surface area contributed by atoms with Gasteiger partial charge in [0.15, 0.2) is 0 Å². The molecule has 0 N–H and O–H groups in total. The molecule has 75 heavy (non-hydrogen) atoms.